The van der Waals surface area contributed by atoms with Crippen LogP contribution in [0.2, 0.25) is 0 Å². The molecule has 2 atom stereocenters. The highest BCUT2D eigenvalue weighted by molar-refractivity contribution is 7.15. The molecule has 1 aliphatic rings. The third-order valence-electron chi connectivity index (χ3n) is 3.95. The zero-order chi connectivity index (χ0) is 15.4. The summed E-state index contributed by atoms with van der Waals surface area (Å²) in [6.45, 7) is 7.48. The molecule has 7 heteroatoms. The van der Waals surface area contributed by atoms with Crippen LogP contribution < -0.4 is 5.32 Å². The minimum Gasteiger partial charge on any atom is -0.395 e. The predicted molar refractivity (Wildman–Crippen MR) is 83.5 cm³/mol. The molecule has 1 saturated heterocycles. The maximum Gasteiger partial charge on any atom is 0.240 e. The minimum atomic E-state index is -0.0889. The number of aliphatic hydroxyl groups excluding tert-OH is 1. The monoisotopic (exact) mass is 312 g/mol. The fourth-order valence-electron chi connectivity index (χ4n) is 2.69. The molecule has 2 N–H and O–H groups in total. The number of aromatic nitrogens is 2. The molecule has 0 spiro atoms. The molecule has 1 amide bonds. The number of anilines is 1. The highest BCUT2D eigenvalue weighted by Crippen LogP contribution is 2.24. The van der Waals surface area contributed by atoms with E-state index in [9.17, 15) is 9.90 Å². The second kappa shape index (κ2) is 7.29. The maximum atomic E-state index is 12.1. The summed E-state index contributed by atoms with van der Waals surface area (Å²) in [5, 5.41) is 21.8. The van der Waals surface area contributed by atoms with Crippen molar-refractivity contribution in [3.05, 3.63) is 5.01 Å². The number of hydrogen-bond donors (Lipinski definition) is 2. The second-order valence-corrected chi connectivity index (χ2v) is 7.00. The first-order valence-corrected chi connectivity index (χ1v) is 8.31. The quantitative estimate of drug-likeness (QED) is 0.865. The average molecular weight is 312 g/mol. The molecule has 2 rings (SSSR count). The number of amides is 1. The molecule has 1 aromatic rings. The number of carbonyl (C=O) groups is 1. The summed E-state index contributed by atoms with van der Waals surface area (Å²) in [6.07, 6.45) is 2.18. The first-order chi connectivity index (χ1) is 10.0. The van der Waals surface area contributed by atoms with E-state index in [-0.39, 0.29) is 18.6 Å². The number of nitrogens with one attached hydrogen (secondary N) is 1. The number of nitrogens with zero attached hydrogens (tertiary/aromatic N) is 3. The molecule has 0 radical (unpaired) electrons. The molecule has 6 nitrogen and oxygen atoms in total. The zero-order valence-electron chi connectivity index (χ0n) is 12.9. The lowest BCUT2D eigenvalue weighted by Gasteiger charge is -2.38. The van der Waals surface area contributed by atoms with E-state index in [0.717, 1.165) is 24.4 Å². The molecular formula is C14H24N4O2S. The Balaban J connectivity index is 1.91. The van der Waals surface area contributed by atoms with Crippen molar-refractivity contribution in [2.24, 2.45) is 5.92 Å². The molecular weight excluding hydrogens is 288 g/mol. The van der Waals surface area contributed by atoms with Crippen LogP contribution in [0.5, 0.6) is 0 Å². The van der Waals surface area contributed by atoms with Crippen LogP contribution in [0.3, 0.4) is 0 Å². The van der Waals surface area contributed by atoms with Crippen LogP contribution in [-0.2, 0) is 4.79 Å². The molecule has 2 heterocycles. The van der Waals surface area contributed by atoms with Gasteiger partial charge in [-0.05, 0) is 25.3 Å². The average Bonchev–Trinajstić information content (AvgIpc) is 2.87. The first kappa shape index (κ1) is 16.3. The van der Waals surface area contributed by atoms with Gasteiger partial charge in [0.1, 0.15) is 5.01 Å². The Morgan fingerprint density at radius 3 is 2.90 bits per heavy atom. The van der Waals surface area contributed by atoms with Gasteiger partial charge in [-0.2, -0.15) is 0 Å². The number of piperidine rings is 1. The van der Waals surface area contributed by atoms with Gasteiger partial charge in [-0.1, -0.05) is 32.1 Å². The lowest BCUT2D eigenvalue weighted by atomic mass is 9.91. The van der Waals surface area contributed by atoms with Gasteiger partial charge in [-0.3, -0.25) is 15.0 Å². The van der Waals surface area contributed by atoms with Gasteiger partial charge in [-0.15, -0.1) is 10.2 Å². The molecule has 1 aliphatic heterocycles. The summed E-state index contributed by atoms with van der Waals surface area (Å²) in [7, 11) is 0. The van der Waals surface area contributed by atoms with Crippen LogP contribution in [0.1, 0.15) is 44.5 Å². The Hall–Kier alpha value is -1.05. The van der Waals surface area contributed by atoms with Crippen molar-refractivity contribution in [1.29, 1.82) is 0 Å². The van der Waals surface area contributed by atoms with E-state index in [2.05, 4.69) is 27.3 Å². The van der Waals surface area contributed by atoms with Crippen molar-refractivity contribution in [3.8, 4) is 0 Å². The van der Waals surface area contributed by atoms with Gasteiger partial charge in [0.25, 0.3) is 0 Å². The Bertz CT molecular complexity index is 477. The molecule has 21 heavy (non-hydrogen) atoms. The van der Waals surface area contributed by atoms with Gasteiger partial charge in [0, 0.05) is 12.0 Å². The maximum absolute atomic E-state index is 12.1. The van der Waals surface area contributed by atoms with Crippen LogP contribution in [0.15, 0.2) is 0 Å². The third-order valence-corrected chi connectivity index (χ3v) is 5.08. The Labute approximate surface area is 129 Å². The molecule has 1 aromatic heterocycles. The SMILES string of the molecule is CC(C)c1nnc(NC(=O)CN2CCCC(C)C2CO)s1. The molecule has 118 valence electrons. The first-order valence-electron chi connectivity index (χ1n) is 7.49. The van der Waals surface area contributed by atoms with Gasteiger partial charge in [0.2, 0.25) is 11.0 Å². The fraction of sp³-hybridized carbons (Fsp3) is 0.786. The van der Waals surface area contributed by atoms with Crippen LogP contribution in [0.4, 0.5) is 5.13 Å². The third kappa shape index (κ3) is 4.21. The van der Waals surface area contributed by atoms with Crippen molar-refractivity contribution >= 4 is 22.4 Å². The van der Waals surface area contributed by atoms with E-state index in [1.54, 1.807) is 0 Å². The van der Waals surface area contributed by atoms with Gasteiger partial charge in [0.15, 0.2) is 0 Å². The highest BCUT2D eigenvalue weighted by Gasteiger charge is 2.29. The summed E-state index contributed by atoms with van der Waals surface area (Å²) in [5.41, 5.74) is 0. The van der Waals surface area contributed by atoms with Gasteiger partial charge < -0.3 is 5.11 Å². The van der Waals surface area contributed by atoms with Crippen LogP contribution in [-0.4, -0.2) is 51.8 Å². The lowest BCUT2D eigenvalue weighted by molar-refractivity contribution is -0.118. The van der Waals surface area contributed by atoms with E-state index in [0.29, 0.717) is 23.5 Å². The summed E-state index contributed by atoms with van der Waals surface area (Å²) in [4.78, 5) is 14.2. The molecule has 0 saturated carbocycles. The smallest absolute Gasteiger partial charge is 0.240 e. The van der Waals surface area contributed by atoms with E-state index >= 15 is 0 Å². The minimum absolute atomic E-state index is 0.0742. The Morgan fingerprint density at radius 2 is 2.29 bits per heavy atom. The normalized spacial score (nSPS) is 23.5. The molecule has 0 aromatic carbocycles. The van der Waals surface area contributed by atoms with Crippen molar-refractivity contribution < 1.29 is 9.90 Å². The number of carbonyl (C=O) groups excluding carboxylic acids is 1. The van der Waals surface area contributed by atoms with E-state index in [4.69, 9.17) is 0 Å². The van der Waals surface area contributed by atoms with E-state index in [1.807, 2.05) is 13.8 Å². The van der Waals surface area contributed by atoms with Crippen molar-refractivity contribution in [2.75, 3.05) is 25.0 Å². The van der Waals surface area contributed by atoms with Gasteiger partial charge in [-0.25, -0.2) is 0 Å². The predicted octanol–water partition coefficient (Wildman–Crippen LogP) is 1.69. The van der Waals surface area contributed by atoms with Gasteiger partial charge in [0.05, 0.1) is 13.2 Å². The van der Waals surface area contributed by atoms with E-state index < -0.39 is 0 Å². The summed E-state index contributed by atoms with van der Waals surface area (Å²) >= 11 is 1.42. The highest BCUT2D eigenvalue weighted by atomic mass is 32.1. The van der Waals surface area contributed by atoms with Gasteiger partial charge >= 0.3 is 0 Å². The largest absolute Gasteiger partial charge is 0.395 e. The number of rotatable bonds is 5. The standard InChI is InChI=1S/C14H24N4O2S/c1-9(2)13-16-17-14(21-13)15-12(20)7-18-6-4-5-10(3)11(18)8-19/h9-11,19H,4-8H2,1-3H3,(H,15,17,20). The fourth-order valence-corrected chi connectivity index (χ4v) is 3.45. The molecule has 1 fully saturated rings. The topological polar surface area (TPSA) is 78.4 Å². The lowest BCUT2D eigenvalue weighted by Crippen LogP contribution is -2.49. The van der Waals surface area contributed by atoms with Crippen LogP contribution in [0, 0.1) is 5.92 Å². The van der Waals surface area contributed by atoms with E-state index in [1.165, 1.54) is 11.3 Å². The van der Waals surface area contributed by atoms with Crippen LogP contribution in [0.25, 0.3) is 0 Å². The zero-order valence-corrected chi connectivity index (χ0v) is 13.7. The van der Waals surface area contributed by atoms with Crippen molar-refractivity contribution in [1.82, 2.24) is 15.1 Å². The Morgan fingerprint density at radius 1 is 1.52 bits per heavy atom. The number of hydrogen-bond acceptors (Lipinski definition) is 6. The van der Waals surface area contributed by atoms with Crippen molar-refractivity contribution in [3.63, 3.8) is 0 Å². The van der Waals surface area contributed by atoms with Crippen LogP contribution >= 0.6 is 11.3 Å². The Kier molecular flexibility index (Phi) is 5.66. The number of aliphatic hydroxyl groups is 1. The molecule has 0 bridgehead atoms. The van der Waals surface area contributed by atoms with Crippen molar-refractivity contribution in [2.45, 2.75) is 45.6 Å². The summed E-state index contributed by atoms with van der Waals surface area (Å²) < 4.78 is 0. The number of likely N-dealkylation sites (tertiary alicyclic amines) is 1. The summed E-state index contributed by atoms with van der Waals surface area (Å²) in [5.74, 6) is 0.648. The summed E-state index contributed by atoms with van der Waals surface area (Å²) in [6, 6.07) is 0.0742. The molecule has 2 unspecified atom stereocenters. The second-order valence-electron chi connectivity index (χ2n) is 5.99. The molecule has 0 aliphatic carbocycles.